The van der Waals surface area contributed by atoms with Crippen LogP contribution in [0.4, 0.5) is 0 Å². The summed E-state index contributed by atoms with van der Waals surface area (Å²) in [7, 11) is 0. The molecule has 0 saturated carbocycles. The molecule has 154 valence electrons. The van der Waals surface area contributed by atoms with Crippen molar-refractivity contribution < 1.29 is 9.59 Å². The van der Waals surface area contributed by atoms with Crippen molar-refractivity contribution in [1.82, 2.24) is 15.1 Å². The van der Waals surface area contributed by atoms with E-state index < -0.39 is 0 Å². The predicted octanol–water partition coefficient (Wildman–Crippen LogP) is 3.82. The van der Waals surface area contributed by atoms with E-state index in [0.29, 0.717) is 19.4 Å². The van der Waals surface area contributed by atoms with E-state index in [1.807, 2.05) is 4.90 Å². The van der Waals surface area contributed by atoms with E-state index in [0.717, 1.165) is 64.7 Å². The van der Waals surface area contributed by atoms with Gasteiger partial charge >= 0.3 is 0 Å². The van der Waals surface area contributed by atoms with E-state index in [1.54, 1.807) is 0 Å². The number of hydrogen-bond donors (Lipinski definition) is 1. The molecule has 5 heteroatoms. The minimum absolute atomic E-state index is 0.0603. The van der Waals surface area contributed by atoms with Crippen LogP contribution in [0.1, 0.15) is 86.0 Å². The van der Waals surface area contributed by atoms with Crippen LogP contribution in [0.2, 0.25) is 0 Å². The van der Waals surface area contributed by atoms with E-state index in [-0.39, 0.29) is 17.9 Å². The molecular weight excluding hydrogens is 326 g/mol. The van der Waals surface area contributed by atoms with Crippen molar-refractivity contribution >= 4 is 11.8 Å². The van der Waals surface area contributed by atoms with Gasteiger partial charge < -0.3 is 15.1 Å². The maximum Gasteiger partial charge on any atom is 0.222 e. The molecule has 0 fully saturated rings. The molecule has 1 N–H and O–H groups in total. The largest absolute Gasteiger partial charge is 0.354 e. The summed E-state index contributed by atoms with van der Waals surface area (Å²) >= 11 is 0. The lowest BCUT2D eigenvalue weighted by atomic mass is 10.1. The van der Waals surface area contributed by atoms with Crippen molar-refractivity contribution in [1.29, 1.82) is 0 Å². The minimum atomic E-state index is 0.0603. The van der Waals surface area contributed by atoms with Gasteiger partial charge in [-0.15, -0.1) is 0 Å². The van der Waals surface area contributed by atoms with E-state index in [1.165, 1.54) is 0 Å². The molecule has 0 spiro atoms. The van der Waals surface area contributed by atoms with Crippen LogP contribution in [0, 0.1) is 0 Å². The second kappa shape index (κ2) is 16.1. The molecule has 1 atom stereocenters. The third-order valence-corrected chi connectivity index (χ3v) is 4.90. The summed E-state index contributed by atoms with van der Waals surface area (Å²) in [6.45, 7) is 15.2. The zero-order valence-electron chi connectivity index (χ0n) is 18.0. The first-order valence-electron chi connectivity index (χ1n) is 10.8. The SMILES string of the molecule is CCCCC(=O)N(CCCC)CCC(=O)NC(C)CCCN(CC)CC. The lowest BCUT2D eigenvalue weighted by Crippen LogP contribution is -2.38. The minimum Gasteiger partial charge on any atom is -0.354 e. The van der Waals surface area contributed by atoms with Gasteiger partial charge in [0.05, 0.1) is 0 Å². The van der Waals surface area contributed by atoms with Crippen LogP contribution in [-0.2, 0) is 9.59 Å². The van der Waals surface area contributed by atoms with Gasteiger partial charge in [-0.05, 0) is 52.2 Å². The monoisotopic (exact) mass is 369 g/mol. The lowest BCUT2D eigenvalue weighted by Gasteiger charge is -2.23. The number of nitrogens with zero attached hydrogens (tertiary/aromatic N) is 2. The van der Waals surface area contributed by atoms with E-state index >= 15 is 0 Å². The number of hydrogen-bond acceptors (Lipinski definition) is 3. The molecule has 0 aromatic rings. The molecule has 0 heterocycles. The topological polar surface area (TPSA) is 52.7 Å². The van der Waals surface area contributed by atoms with Crippen molar-refractivity contribution in [2.75, 3.05) is 32.7 Å². The number of unbranched alkanes of at least 4 members (excludes halogenated alkanes) is 2. The lowest BCUT2D eigenvalue weighted by molar-refractivity contribution is -0.132. The number of rotatable bonds is 16. The molecule has 1 unspecified atom stereocenters. The summed E-state index contributed by atoms with van der Waals surface area (Å²) in [6, 6.07) is 0.193. The summed E-state index contributed by atoms with van der Waals surface area (Å²) in [4.78, 5) is 28.8. The molecule has 0 saturated heterocycles. The molecule has 0 radical (unpaired) electrons. The Labute approximate surface area is 161 Å². The third-order valence-electron chi connectivity index (χ3n) is 4.90. The van der Waals surface area contributed by atoms with Gasteiger partial charge in [-0.1, -0.05) is 40.5 Å². The molecule has 2 amide bonds. The molecule has 0 aliphatic rings. The van der Waals surface area contributed by atoms with Crippen LogP contribution in [0.3, 0.4) is 0 Å². The second-order valence-corrected chi connectivity index (χ2v) is 7.23. The molecule has 26 heavy (non-hydrogen) atoms. The average Bonchev–Trinajstić information content (AvgIpc) is 2.63. The van der Waals surface area contributed by atoms with Crippen LogP contribution >= 0.6 is 0 Å². The van der Waals surface area contributed by atoms with Crippen molar-refractivity contribution in [3.63, 3.8) is 0 Å². The first-order valence-corrected chi connectivity index (χ1v) is 10.8. The van der Waals surface area contributed by atoms with E-state index in [9.17, 15) is 9.59 Å². The van der Waals surface area contributed by atoms with E-state index in [2.05, 4.69) is 44.8 Å². The quantitative estimate of drug-likeness (QED) is 0.450. The summed E-state index contributed by atoms with van der Waals surface area (Å²) in [6.07, 6.45) is 7.12. The van der Waals surface area contributed by atoms with Gasteiger partial charge in [-0.25, -0.2) is 0 Å². The van der Waals surface area contributed by atoms with Crippen LogP contribution in [0.5, 0.6) is 0 Å². The Morgan fingerprint density at radius 2 is 1.50 bits per heavy atom. The highest BCUT2D eigenvalue weighted by Crippen LogP contribution is 2.05. The van der Waals surface area contributed by atoms with Gasteiger partial charge in [0, 0.05) is 32.0 Å². The molecule has 0 bridgehead atoms. The fourth-order valence-electron chi connectivity index (χ4n) is 3.01. The zero-order chi connectivity index (χ0) is 19.8. The standard InChI is InChI=1S/C21H43N3O2/c1-6-10-14-21(26)24(17-11-7-2)18-15-20(25)22-19(5)13-12-16-23(8-3)9-4/h19H,6-18H2,1-5H3,(H,22,25). The Kier molecular flexibility index (Phi) is 15.4. The normalized spacial score (nSPS) is 12.2. The summed E-state index contributed by atoms with van der Waals surface area (Å²) < 4.78 is 0. The van der Waals surface area contributed by atoms with Crippen molar-refractivity contribution in [2.45, 2.75) is 92.0 Å². The van der Waals surface area contributed by atoms with Crippen molar-refractivity contribution in [3.05, 3.63) is 0 Å². The third kappa shape index (κ3) is 12.3. The second-order valence-electron chi connectivity index (χ2n) is 7.23. The zero-order valence-corrected chi connectivity index (χ0v) is 18.0. The van der Waals surface area contributed by atoms with E-state index in [4.69, 9.17) is 0 Å². The Morgan fingerprint density at radius 1 is 0.846 bits per heavy atom. The molecule has 5 nitrogen and oxygen atoms in total. The molecule has 0 aliphatic heterocycles. The van der Waals surface area contributed by atoms with Crippen LogP contribution in [-0.4, -0.2) is 60.4 Å². The van der Waals surface area contributed by atoms with Gasteiger partial charge in [0.25, 0.3) is 0 Å². The van der Waals surface area contributed by atoms with Gasteiger partial charge in [0.2, 0.25) is 11.8 Å². The summed E-state index contributed by atoms with van der Waals surface area (Å²) in [5, 5.41) is 3.09. The molecule has 0 rings (SSSR count). The summed E-state index contributed by atoms with van der Waals surface area (Å²) in [5.41, 5.74) is 0. The highest BCUT2D eigenvalue weighted by molar-refractivity contribution is 5.79. The number of nitrogens with one attached hydrogen (secondary N) is 1. The highest BCUT2D eigenvalue weighted by atomic mass is 16.2. The molecule has 0 aromatic carbocycles. The van der Waals surface area contributed by atoms with Crippen LogP contribution < -0.4 is 5.32 Å². The van der Waals surface area contributed by atoms with Gasteiger partial charge in [-0.2, -0.15) is 0 Å². The first-order chi connectivity index (χ1) is 12.5. The summed E-state index contributed by atoms with van der Waals surface area (Å²) in [5.74, 6) is 0.255. The van der Waals surface area contributed by atoms with Gasteiger partial charge in [0.1, 0.15) is 0 Å². The maximum absolute atomic E-state index is 12.3. The maximum atomic E-state index is 12.3. The average molecular weight is 370 g/mol. The van der Waals surface area contributed by atoms with Crippen LogP contribution in [0.15, 0.2) is 0 Å². The Bertz CT molecular complexity index is 370. The van der Waals surface area contributed by atoms with Crippen molar-refractivity contribution in [2.24, 2.45) is 0 Å². The highest BCUT2D eigenvalue weighted by Gasteiger charge is 2.15. The smallest absolute Gasteiger partial charge is 0.222 e. The number of carbonyl (C=O) groups is 2. The van der Waals surface area contributed by atoms with Gasteiger partial charge in [-0.3, -0.25) is 9.59 Å². The first kappa shape index (κ1) is 24.9. The van der Waals surface area contributed by atoms with Crippen molar-refractivity contribution in [3.8, 4) is 0 Å². The predicted molar refractivity (Wildman–Crippen MR) is 110 cm³/mol. The number of carbonyl (C=O) groups excluding carboxylic acids is 2. The Balaban J connectivity index is 4.17. The Hall–Kier alpha value is -1.10. The molecular formula is C21H43N3O2. The van der Waals surface area contributed by atoms with Crippen LogP contribution in [0.25, 0.3) is 0 Å². The van der Waals surface area contributed by atoms with Gasteiger partial charge in [0.15, 0.2) is 0 Å². The fraction of sp³-hybridized carbons (Fsp3) is 0.905. The molecule has 0 aliphatic carbocycles. The number of amides is 2. The Morgan fingerprint density at radius 3 is 2.08 bits per heavy atom. The fourth-order valence-corrected chi connectivity index (χ4v) is 3.01. The molecule has 0 aromatic heterocycles.